The van der Waals surface area contributed by atoms with Crippen molar-refractivity contribution >= 4 is 17.7 Å². The van der Waals surface area contributed by atoms with Gasteiger partial charge in [0.15, 0.2) is 5.96 Å². The molecule has 2 aromatic rings. The van der Waals surface area contributed by atoms with Crippen LogP contribution in [0.4, 0.5) is 0 Å². The lowest BCUT2D eigenvalue weighted by molar-refractivity contribution is 0.383. The first-order chi connectivity index (χ1) is 12.0. The van der Waals surface area contributed by atoms with Crippen molar-refractivity contribution in [3.8, 4) is 0 Å². The number of furan rings is 1. The van der Waals surface area contributed by atoms with Crippen molar-refractivity contribution in [1.29, 1.82) is 0 Å². The fraction of sp³-hybridized carbons (Fsp3) is 0.556. The second kappa shape index (κ2) is 9.56. The number of aromatic nitrogens is 1. The van der Waals surface area contributed by atoms with Gasteiger partial charge < -0.3 is 19.5 Å². The molecule has 6 nitrogen and oxygen atoms in total. The lowest BCUT2D eigenvalue weighted by atomic mass is 9.94. The first kappa shape index (κ1) is 19.4. The van der Waals surface area contributed by atoms with E-state index >= 15 is 0 Å². The van der Waals surface area contributed by atoms with Crippen molar-refractivity contribution in [2.75, 3.05) is 25.1 Å². The van der Waals surface area contributed by atoms with Crippen LogP contribution in [0.2, 0.25) is 0 Å². The first-order valence-electron chi connectivity index (χ1n) is 8.47. The van der Waals surface area contributed by atoms with E-state index in [1.807, 2.05) is 12.1 Å². The summed E-state index contributed by atoms with van der Waals surface area (Å²) in [6.45, 7) is 8.32. The van der Waals surface area contributed by atoms with E-state index in [-0.39, 0.29) is 5.41 Å². The van der Waals surface area contributed by atoms with Crippen LogP contribution in [-0.2, 0) is 18.4 Å². The highest BCUT2D eigenvalue weighted by molar-refractivity contribution is 7.98. The Morgan fingerprint density at radius 2 is 2.08 bits per heavy atom. The van der Waals surface area contributed by atoms with Gasteiger partial charge in [0.25, 0.3) is 0 Å². The molecule has 0 saturated heterocycles. The third kappa shape index (κ3) is 6.86. The fourth-order valence-corrected chi connectivity index (χ4v) is 2.39. The highest BCUT2D eigenvalue weighted by atomic mass is 32.2. The molecule has 0 fully saturated rings. The Morgan fingerprint density at radius 3 is 2.72 bits per heavy atom. The van der Waals surface area contributed by atoms with Crippen molar-refractivity contribution in [3.05, 3.63) is 42.0 Å². The van der Waals surface area contributed by atoms with E-state index in [9.17, 15) is 0 Å². The summed E-state index contributed by atoms with van der Waals surface area (Å²) in [6.07, 6.45) is 6.37. The van der Waals surface area contributed by atoms with Crippen LogP contribution in [0.1, 0.15) is 38.2 Å². The molecule has 138 valence electrons. The molecule has 2 heterocycles. The van der Waals surface area contributed by atoms with Gasteiger partial charge in [0.2, 0.25) is 5.89 Å². The molecule has 7 heteroatoms. The number of hydrogen-bond donors (Lipinski definition) is 2. The maximum Gasteiger partial charge on any atom is 0.216 e. The number of hydrogen-bond acceptors (Lipinski definition) is 5. The van der Waals surface area contributed by atoms with Gasteiger partial charge in [0.05, 0.1) is 12.5 Å². The predicted molar refractivity (Wildman–Crippen MR) is 103 cm³/mol. The number of rotatable bonds is 8. The van der Waals surface area contributed by atoms with Gasteiger partial charge in [-0.2, -0.15) is 11.8 Å². The number of guanidine groups is 1. The van der Waals surface area contributed by atoms with Crippen LogP contribution in [0.25, 0.3) is 0 Å². The van der Waals surface area contributed by atoms with Crippen molar-refractivity contribution < 1.29 is 8.83 Å². The molecule has 0 aliphatic carbocycles. The number of oxazole rings is 1. The fourth-order valence-electron chi connectivity index (χ4n) is 2.08. The van der Waals surface area contributed by atoms with Gasteiger partial charge in [-0.25, -0.2) is 9.98 Å². The smallest absolute Gasteiger partial charge is 0.216 e. The molecule has 0 aliphatic rings. The number of thioether (sulfide) groups is 1. The molecule has 25 heavy (non-hydrogen) atoms. The molecule has 2 aromatic heterocycles. The second-order valence-corrected chi connectivity index (χ2v) is 7.69. The Hall–Kier alpha value is -1.89. The van der Waals surface area contributed by atoms with Gasteiger partial charge in [0, 0.05) is 30.7 Å². The van der Waals surface area contributed by atoms with E-state index in [0.717, 1.165) is 42.7 Å². The quantitative estimate of drug-likeness (QED) is 0.426. The van der Waals surface area contributed by atoms with Crippen molar-refractivity contribution in [1.82, 2.24) is 15.6 Å². The maximum absolute atomic E-state index is 5.79. The number of nitrogens with one attached hydrogen (secondary N) is 2. The largest absolute Gasteiger partial charge is 0.469 e. The summed E-state index contributed by atoms with van der Waals surface area (Å²) in [6, 6.07) is 3.87. The number of aliphatic imine (C=N–C) groups is 1. The van der Waals surface area contributed by atoms with Gasteiger partial charge in [-0.15, -0.1) is 0 Å². The molecule has 2 N–H and O–H groups in total. The zero-order valence-electron chi connectivity index (χ0n) is 15.5. The molecule has 0 radical (unpaired) electrons. The van der Waals surface area contributed by atoms with Crippen molar-refractivity contribution in [2.24, 2.45) is 4.99 Å². The monoisotopic (exact) mass is 364 g/mol. The normalized spacial score (nSPS) is 12.4. The van der Waals surface area contributed by atoms with E-state index in [4.69, 9.17) is 8.83 Å². The zero-order valence-corrected chi connectivity index (χ0v) is 16.3. The van der Waals surface area contributed by atoms with Crippen LogP contribution in [0.5, 0.6) is 0 Å². The number of nitrogens with zero attached hydrogens (tertiary/aromatic N) is 2. The molecule has 0 bridgehead atoms. The molecule has 0 atom stereocenters. The molecule has 2 rings (SSSR count). The molecule has 0 spiro atoms. The Balaban J connectivity index is 1.90. The summed E-state index contributed by atoms with van der Waals surface area (Å²) in [5.74, 6) is 4.24. The average Bonchev–Trinajstić information content (AvgIpc) is 3.23. The maximum atomic E-state index is 5.79. The SMILES string of the molecule is CSCCNC(=NCc1ncc(C(C)(C)C)o1)NCCc1ccco1. The Morgan fingerprint density at radius 1 is 1.28 bits per heavy atom. The third-order valence-electron chi connectivity index (χ3n) is 3.51. The van der Waals surface area contributed by atoms with Gasteiger partial charge in [-0.1, -0.05) is 20.8 Å². The summed E-state index contributed by atoms with van der Waals surface area (Å²) < 4.78 is 11.1. The van der Waals surface area contributed by atoms with Gasteiger partial charge >= 0.3 is 0 Å². The minimum absolute atomic E-state index is 0.0459. The topological polar surface area (TPSA) is 75.6 Å². The summed E-state index contributed by atoms with van der Waals surface area (Å²) in [5.41, 5.74) is -0.0459. The molecule has 0 aromatic carbocycles. The molecule has 0 unspecified atom stereocenters. The minimum atomic E-state index is -0.0459. The second-order valence-electron chi connectivity index (χ2n) is 6.71. The van der Waals surface area contributed by atoms with E-state index in [0.29, 0.717) is 12.4 Å². The highest BCUT2D eigenvalue weighted by Gasteiger charge is 2.19. The Labute approximate surface area is 153 Å². The van der Waals surface area contributed by atoms with Crippen LogP contribution in [0.15, 0.2) is 38.4 Å². The summed E-state index contributed by atoms with van der Waals surface area (Å²) in [4.78, 5) is 8.90. The molecule has 0 saturated carbocycles. The summed E-state index contributed by atoms with van der Waals surface area (Å²) >= 11 is 1.79. The van der Waals surface area contributed by atoms with Gasteiger partial charge in [0.1, 0.15) is 18.1 Å². The predicted octanol–water partition coefficient (Wildman–Crippen LogP) is 3.21. The minimum Gasteiger partial charge on any atom is -0.469 e. The average molecular weight is 365 g/mol. The van der Waals surface area contributed by atoms with E-state index < -0.39 is 0 Å². The zero-order chi connectivity index (χ0) is 18.1. The molecular formula is C18H28N4O2S. The lowest BCUT2D eigenvalue weighted by Crippen LogP contribution is -2.39. The standard InChI is InChI=1S/C18H28N4O2S/c1-18(2,3)15-12-21-16(24-15)13-22-17(20-9-11-25-4)19-8-7-14-6-5-10-23-14/h5-6,10,12H,7-9,11,13H2,1-4H3,(H2,19,20,22). The highest BCUT2D eigenvalue weighted by Crippen LogP contribution is 2.22. The van der Waals surface area contributed by atoms with Crippen LogP contribution in [-0.4, -0.2) is 36.0 Å². The van der Waals surface area contributed by atoms with E-state index in [1.165, 1.54) is 0 Å². The lowest BCUT2D eigenvalue weighted by Gasteiger charge is -2.13. The Kier molecular flexibility index (Phi) is 7.43. The summed E-state index contributed by atoms with van der Waals surface area (Å²) in [7, 11) is 0. The van der Waals surface area contributed by atoms with Crippen molar-refractivity contribution in [3.63, 3.8) is 0 Å². The van der Waals surface area contributed by atoms with E-state index in [2.05, 4.69) is 47.6 Å². The van der Waals surface area contributed by atoms with Crippen LogP contribution >= 0.6 is 11.8 Å². The molecule has 0 amide bonds. The Bertz CT molecular complexity index is 644. The third-order valence-corrected chi connectivity index (χ3v) is 4.12. The molecular weight excluding hydrogens is 336 g/mol. The molecule has 0 aliphatic heterocycles. The van der Waals surface area contributed by atoms with Crippen LogP contribution < -0.4 is 10.6 Å². The first-order valence-corrected chi connectivity index (χ1v) is 9.87. The van der Waals surface area contributed by atoms with Crippen LogP contribution in [0, 0.1) is 0 Å². The summed E-state index contributed by atoms with van der Waals surface area (Å²) in [5, 5.41) is 6.65. The van der Waals surface area contributed by atoms with Gasteiger partial charge in [-0.3, -0.25) is 0 Å². The van der Waals surface area contributed by atoms with Gasteiger partial charge in [-0.05, 0) is 18.4 Å². The van der Waals surface area contributed by atoms with Crippen molar-refractivity contribution in [2.45, 2.75) is 39.2 Å². The van der Waals surface area contributed by atoms with E-state index in [1.54, 1.807) is 24.2 Å². The van der Waals surface area contributed by atoms with Crippen LogP contribution in [0.3, 0.4) is 0 Å².